The van der Waals surface area contributed by atoms with Crippen LogP contribution < -0.4 is 5.43 Å². The predicted molar refractivity (Wildman–Crippen MR) is 131 cm³/mol. The Labute approximate surface area is 189 Å². The molecule has 4 nitrogen and oxygen atoms in total. The molecule has 0 saturated carbocycles. The summed E-state index contributed by atoms with van der Waals surface area (Å²) in [5.74, 6) is -0.127. The zero-order valence-corrected chi connectivity index (χ0v) is 18.8. The van der Waals surface area contributed by atoms with Gasteiger partial charge in [-0.2, -0.15) is 5.10 Å². The second kappa shape index (κ2) is 9.26. The lowest BCUT2D eigenvalue weighted by atomic mass is 10.1. The number of hydrogen-bond acceptors (Lipinski definition) is 2. The molecule has 5 heteroatoms. The van der Waals surface area contributed by atoms with E-state index in [9.17, 15) is 4.79 Å². The molecule has 0 unspecified atom stereocenters. The van der Waals surface area contributed by atoms with Crippen LogP contribution in [0.4, 0.5) is 0 Å². The van der Waals surface area contributed by atoms with Crippen LogP contribution in [0.2, 0.25) is 0 Å². The molecule has 0 spiro atoms. The molecule has 0 atom stereocenters. The lowest BCUT2D eigenvalue weighted by molar-refractivity contribution is -0.120. The Kier molecular flexibility index (Phi) is 6.28. The minimum absolute atomic E-state index is 0.127. The van der Waals surface area contributed by atoms with Crippen molar-refractivity contribution in [3.8, 4) is 0 Å². The lowest BCUT2D eigenvalue weighted by Gasteiger charge is -2.05. The molecule has 1 amide bonds. The number of nitrogens with zero attached hydrogens (tertiary/aromatic N) is 2. The van der Waals surface area contributed by atoms with Gasteiger partial charge in [0.05, 0.1) is 12.6 Å². The third-order valence-corrected chi connectivity index (χ3v) is 5.68. The first kappa shape index (κ1) is 20.3. The fourth-order valence-corrected chi connectivity index (χ4v) is 3.76. The van der Waals surface area contributed by atoms with Gasteiger partial charge < -0.3 is 4.57 Å². The SMILES string of the molecule is Cc1ccc(CC(=O)N/N=C\c2cn(Cc3ccc(I)cc3)c3ccccc23)cc1. The molecule has 0 radical (unpaired) electrons. The van der Waals surface area contributed by atoms with Crippen molar-refractivity contribution in [2.45, 2.75) is 19.9 Å². The number of aryl methyl sites for hydroxylation is 1. The molecule has 1 aromatic heterocycles. The number of para-hydroxylation sites is 1. The van der Waals surface area contributed by atoms with Crippen molar-refractivity contribution in [1.82, 2.24) is 9.99 Å². The summed E-state index contributed by atoms with van der Waals surface area (Å²) in [4.78, 5) is 12.2. The summed E-state index contributed by atoms with van der Waals surface area (Å²) in [6.45, 7) is 2.81. The molecular formula is C25H22IN3O. The van der Waals surface area contributed by atoms with Gasteiger partial charge in [0.15, 0.2) is 0 Å². The molecule has 0 aliphatic heterocycles. The molecule has 0 aliphatic rings. The highest BCUT2D eigenvalue weighted by molar-refractivity contribution is 14.1. The van der Waals surface area contributed by atoms with Crippen molar-refractivity contribution in [3.05, 3.63) is 105 Å². The molecule has 3 aromatic carbocycles. The minimum Gasteiger partial charge on any atom is -0.342 e. The van der Waals surface area contributed by atoms with Gasteiger partial charge in [0, 0.05) is 32.8 Å². The van der Waals surface area contributed by atoms with Gasteiger partial charge >= 0.3 is 0 Å². The Balaban J connectivity index is 1.49. The van der Waals surface area contributed by atoms with E-state index in [1.54, 1.807) is 6.21 Å². The Hall–Kier alpha value is -2.93. The van der Waals surface area contributed by atoms with Gasteiger partial charge in [-0.15, -0.1) is 0 Å². The van der Waals surface area contributed by atoms with Crippen molar-refractivity contribution in [3.63, 3.8) is 0 Å². The zero-order valence-electron chi connectivity index (χ0n) is 16.7. The van der Waals surface area contributed by atoms with Crippen molar-refractivity contribution in [2.75, 3.05) is 0 Å². The van der Waals surface area contributed by atoms with Crippen LogP contribution >= 0.6 is 22.6 Å². The van der Waals surface area contributed by atoms with Crippen LogP contribution in [0.5, 0.6) is 0 Å². The quantitative estimate of drug-likeness (QED) is 0.215. The van der Waals surface area contributed by atoms with E-state index in [4.69, 9.17) is 0 Å². The van der Waals surface area contributed by atoms with E-state index >= 15 is 0 Å². The van der Waals surface area contributed by atoms with Gasteiger partial charge in [-0.1, -0.05) is 60.2 Å². The summed E-state index contributed by atoms with van der Waals surface area (Å²) < 4.78 is 3.44. The summed E-state index contributed by atoms with van der Waals surface area (Å²) in [6.07, 6.45) is 4.12. The van der Waals surface area contributed by atoms with E-state index in [1.165, 1.54) is 14.7 Å². The van der Waals surface area contributed by atoms with E-state index in [-0.39, 0.29) is 5.91 Å². The third kappa shape index (κ3) is 4.97. The van der Waals surface area contributed by atoms with Crippen molar-refractivity contribution in [1.29, 1.82) is 0 Å². The lowest BCUT2D eigenvalue weighted by Crippen LogP contribution is -2.19. The monoisotopic (exact) mass is 507 g/mol. The molecule has 4 rings (SSSR count). The first-order valence-electron chi connectivity index (χ1n) is 9.78. The van der Waals surface area contributed by atoms with Gasteiger partial charge in [0.2, 0.25) is 5.91 Å². The van der Waals surface area contributed by atoms with E-state index in [2.05, 4.69) is 80.3 Å². The number of amides is 1. The summed E-state index contributed by atoms with van der Waals surface area (Å²) >= 11 is 2.32. The molecule has 0 saturated heterocycles. The first-order valence-corrected chi connectivity index (χ1v) is 10.9. The van der Waals surface area contributed by atoms with E-state index in [1.807, 2.05) is 43.3 Å². The predicted octanol–water partition coefficient (Wildman–Crippen LogP) is 5.30. The number of carbonyl (C=O) groups excluding carboxylic acids is 1. The number of rotatable bonds is 6. The number of fused-ring (bicyclic) bond motifs is 1. The van der Waals surface area contributed by atoms with Crippen LogP contribution in [0.15, 0.2) is 84.1 Å². The topological polar surface area (TPSA) is 46.4 Å². The van der Waals surface area contributed by atoms with Gasteiger partial charge in [-0.05, 0) is 58.8 Å². The number of hydrazone groups is 1. The number of halogens is 1. The van der Waals surface area contributed by atoms with Crippen LogP contribution in [-0.2, 0) is 17.8 Å². The molecule has 0 fully saturated rings. The standard InChI is InChI=1S/C25H22IN3O/c1-18-6-8-19(9-7-18)14-25(30)28-27-15-21-17-29(24-5-3-2-4-23(21)24)16-20-10-12-22(26)13-11-20/h2-13,15,17H,14,16H2,1H3,(H,28,30)/b27-15-. The molecule has 0 bridgehead atoms. The van der Waals surface area contributed by atoms with Crippen molar-refractivity contribution >= 4 is 45.6 Å². The largest absolute Gasteiger partial charge is 0.342 e. The van der Waals surface area contributed by atoms with Crippen LogP contribution in [-0.4, -0.2) is 16.7 Å². The van der Waals surface area contributed by atoms with Crippen LogP contribution in [0.1, 0.15) is 22.3 Å². The van der Waals surface area contributed by atoms with Crippen LogP contribution in [0.3, 0.4) is 0 Å². The van der Waals surface area contributed by atoms with Gasteiger partial charge in [-0.3, -0.25) is 4.79 Å². The number of aromatic nitrogens is 1. The maximum absolute atomic E-state index is 12.2. The van der Waals surface area contributed by atoms with Crippen LogP contribution in [0, 0.1) is 10.5 Å². The van der Waals surface area contributed by atoms with E-state index in [0.29, 0.717) is 6.42 Å². The summed E-state index contributed by atoms with van der Waals surface area (Å²) in [5, 5.41) is 5.31. The molecule has 4 aromatic rings. The van der Waals surface area contributed by atoms with E-state index in [0.717, 1.165) is 28.6 Å². The Bertz CT molecular complexity index is 1190. The Morgan fingerprint density at radius 2 is 1.70 bits per heavy atom. The summed E-state index contributed by atoms with van der Waals surface area (Å²) in [6, 6.07) is 24.7. The fourth-order valence-electron chi connectivity index (χ4n) is 3.40. The molecule has 30 heavy (non-hydrogen) atoms. The average molecular weight is 507 g/mol. The molecule has 1 N–H and O–H groups in total. The van der Waals surface area contributed by atoms with Crippen molar-refractivity contribution < 1.29 is 4.79 Å². The summed E-state index contributed by atoms with van der Waals surface area (Å²) in [7, 11) is 0. The smallest absolute Gasteiger partial charge is 0.244 e. The summed E-state index contributed by atoms with van der Waals surface area (Å²) in [5.41, 5.74) is 8.16. The third-order valence-electron chi connectivity index (χ3n) is 4.96. The number of hydrogen-bond donors (Lipinski definition) is 1. The normalized spacial score (nSPS) is 11.3. The molecule has 0 aliphatic carbocycles. The minimum atomic E-state index is -0.127. The van der Waals surface area contributed by atoms with Gasteiger partial charge in [-0.25, -0.2) is 5.43 Å². The van der Waals surface area contributed by atoms with Crippen LogP contribution in [0.25, 0.3) is 10.9 Å². The molecule has 150 valence electrons. The maximum Gasteiger partial charge on any atom is 0.244 e. The second-order valence-corrected chi connectivity index (χ2v) is 8.56. The molecule has 1 heterocycles. The van der Waals surface area contributed by atoms with E-state index < -0.39 is 0 Å². The Morgan fingerprint density at radius 1 is 1.00 bits per heavy atom. The van der Waals surface area contributed by atoms with Gasteiger partial charge in [0.25, 0.3) is 0 Å². The highest BCUT2D eigenvalue weighted by Crippen LogP contribution is 2.21. The zero-order chi connectivity index (χ0) is 20.9. The highest BCUT2D eigenvalue weighted by Gasteiger charge is 2.08. The number of benzene rings is 3. The average Bonchev–Trinajstić information content (AvgIpc) is 3.09. The number of carbonyl (C=O) groups is 1. The maximum atomic E-state index is 12.2. The second-order valence-electron chi connectivity index (χ2n) is 7.31. The van der Waals surface area contributed by atoms with Gasteiger partial charge in [0.1, 0.15) is 0 Å². The first-order chi connectivity index (χ1) is 14.6. The highest BCUT2D eigenvalue weighted by atomic mass is 127. The van der Waals surface area contributed by atoms with Crippen molar-refractivity contribution in [2.24, 2.45) is 5.10 Å². The Morgan fingerprint density at radius 3 is 2.47 bits per heavy atom. The fraction of sp³-hybridized carbons (Fsp3) is 0.120. The number of nitrogens with one attached hydrogen (secondary N) is 1. The molecular weight excluding hydrogens is 485 g/mol.